The van der Waals surface area contributed by atoms with Gasteiger partial charge in [-0.2, -0.15) is 0 Å². The Morgan fingerprint density at radius 3 is 2.71 bits per heavy atom. The van der Waals surface area contributed by atoms with E-state index in [9.17, 15) is 8.42 Å². The van der Waals surface area contributed by atoms with Crippen molar-refractivity contribution in [3.63, 3.8) is 0 Å². The van der Waals surface area contributed by atoms with Crippen LogP contribution in [0.1, 0.15) is 39.0 Å². The van der Waals surface area contributed by atoms with E-state index in [-0.39, 0.29) is 0 Å². The molecule has 0 aromatic rings. The summed E-state index contributed by atoms with van der Waals surface area (Å²) >= 11 is 0. The molecule has 1 atom stereocenters. The van der Waals surface area contributed by atoms with Crippen molar-refractivity contribution in [2.45, 2.75) is 45.1 Å². The van der Waals surface area contributed by atoms with Gasteiger partial charge >= 0.3 is 0 Å². The lowest BCUT2D eigenvalue weighted by Gasteiger charge is -2.30. The van der Waals surface area contributed by atoms with Crippen LogP contribution in [-0.4, -0.2) is 44.2 Å². The lowest BCUT2D eigenvalue weighted by Crippen LogP contribution is -2.40. The SMILES string of the molecule is CC1CCCN(S(=O)(=O)CCCNC2CC2)C1. The highest BCUT2D eigenvalue weighted by Crippen LogP contribution is 2.20. The van der Waals surface area contributed by atoms with Gasteiger partial charge in [-0.3, -0.25) is 0 Å². The van der Waals surface area contributed by atoms with Gasteiger partial charge in [-0.25, -0.2) is 12.7 Å². The number of hydrogen-bond donors (Lipinski definition) is 1. The summed E-state index contributed by atoms with van der Waals surface area (Å²) in [7, 11) is -3.00. The average molecular weight is 260 g/mol. The molecule has 100 valence electrons. The minimum atomic E-state index is -3.00. The molecule has 1 unspecified atom stereocenters. The highest BCUT2D eigenvalue weighted by Gasteiger charge is 2.26. The lowest BCUT2D eigenvalue weighted by atomic mass is 10.0. The average Bonchev–Trinajstić information content (AvgIpc) is 3.08. The molecule has 4 nitrogen and oxygen atoms in total. The molecule has 0 aromatic carbocycles. The van der Waals surface area contributed by atoms with Crippen LogP contribution in [0.5, 0.6) is 0 Å². The number of sulfonamides is 1. The van der Waals surface area contributed by atoms with E-state index in [1.54, 1.807) is 4.31 Å². The number of piperidine rings is 1. The van der Waals surface area contributed by atoms with Gasteiger partial charge in [0, 0.05) is 19.1 Å². The zero-order valence-electron chi connectivity index (χ0n) is 10.7. The van der Waals surface area contributed by atoms with Gasteiger partial charge in [0.2, 0.25) is 10.0 Å². The number of nitrogens with zero attached hydrogens (tertiary/aromatic N) is 1. The Kier molecular flexibility index (Phi) is 4.44. The maximum Gasteiger partial charge on any atom is 0.214 e. The standard InChI is InChI=1S/C12H24N2O2S/c1-11-4-2-8-14(10-11)17(15,16)9-3-7-13-12-5-6-12/h11-13H,2-10H2,1H3. The molecule has 2 rings (SSSR count). The molecule has 17 heavy (non-hydrogen) atoms. The second-order valence-corrected chi connectivity index (χ2v) is 7.59. The Hall–Kier alpha value is -0.130. The van der Waals surface area contributed by atoms with Crippen molar-refractivity contribution in [2.24, 2.45) is 5.92 Å². The molecule has 0 radical (unpaired) electrons. The summed E-state index contributed by atoms with van der Waals surface area (Å²) in [5.41, 5.74) is 0. The van der Waals surface area contributed by atoms with E-state index in [1.165, 1.54) is 12.8 Å². The second-order valence-electron chi connectivity index (χ2n) is 5.50. The van der Waals surface area contributed by atoms with Crippen LogP contribution in [0.15, 0.2) is 0 Å². The molecule has 2 aliphatic rings. The normalized spacial score (nSPS) is 27.2. The van der Waals surface area contributed by atoms with E-state index in [4.69, 9.17) is 0 Å². The topological polar surface area (TPSA) is 49.4 Å². The van der Waals surface area contributed by atoms with Gasteiger partial charge in [0.15, 0.2) is 0 Å². The molecule has 2 fully saturated rings. The maximum atomic E-state index is 12.1. The van der Waals surface area contributed by atoms with Crippen molar-refractivity contribution >= 4 is 10.0 Å². The Morgan fingerprint density at radius 2 is 2.06 bits per heavy atom. The predicted molar refractivity (Wildman–Crippen MR) is 69.4 cm³/mol. The first-order valence-corrected chi connectivity index (χ1v) is 8.40. The van der Waals surface area contributed by atoms with Gasteiger partial charge in [-0.05, 0) is 44.6 Å². The molecule has 1 aliphatic heterocycles. The zero-order valence-corrected chi connectivity index (χ0v) is 11.5. The fraction of sp³-hybridized carbons (Fsp3) is 1.00. The highest BCUT2D eigenvalue weighted by molar-refractivity contribution is 7.89. The summed E-state index contributed by atoms with van der Waals surface area (Å²) in [6.07, 6.45) is 5.44. The van der Waals surface area contributed by atoms with Crippen LogP contribution in [0, 0.1) is 5.92 Å². The van der Waals surface area contributed by atoms with E-state index in [2.05, 4.69) is 12.2 Å². The lowest BCUT2D eigenvalue weighted by molar-refractivity contribution is 0.281. The van der Waals surface area contributed by atoms with Crippen LogP contribution >= 0.6 is 0 Å². The first-order valence-electron chi connectivity index (χ1n) is 6.79. The molecule has 1 saturated carbocycles. The van der Waals surface area contributed by atoms with Crippen LogP contribution in [0.4, 0.5) is 0 Å². The molecule has 0 amide bonds. The van der Waals surface area contributed by atoms with E-state index in [1.807, 2.05) is 0 Å². The molecule has 1 heterocycles. The first-order chi connectivity index (χ1) is 8.08. The van der Waals surface area contributed by atoms with Crippen LogP contribution < -0.4 is 5.32 Å². The summed E-state index contributed by atoms with van der Waals surface area (Å²) in [5.74, 6) is 0.822. The Bertz CT molecular complexity index is 338. The first kappa shape index (κ1) is 13.3. The van der Waals surface area contributed by atoms with Gasteiger partial charge < -0.3 is 5.32 Å². The van der Waals surface area contributed by atoms with E-state index < -0.39 is 10.0 Å². The molecule has 5 heteroatoms. The van der Waals surface area contributed by atoms with E-state index >= 15 is 0 Å². The van der Waals surface area contributed by atoms with Crippen LogP contribution in [0.25, 0.3) is 0 Å². The molecule has 0 bridgehead atoms. The van der Waals surface area contributed by atoms with Gasteiger partial charge in [-0.15, -0.1) is 0 Å². The van der Waals surface area contributed by atoms with Crippen LogP contribution in [0.3, 0.4) is 0 Å². The molecule has 0 spiro atoms. The van der Waals surface area contributed by atoms with E-state index in [0.717, 1.165) is 38.9 Å². The number of rotatable bonds is 6. The molecule has 1 saturated heterocycles. The van der Waals surface area contributed by atoms with Crippen molar-refractivity contribution in [1.29, 1.82) is 0 Å². The largest absolute Gasteiger partial charge is 0.314 e. The molecular weight excluding hydrogens is 236 g/mol. The van der Waals surface area contributed by atoms with Gasteiger partial charge in [0.05, 0.1) is 5.75 Å². The highest BCUT2D eigenvalue weighted by atomic mass is 32.2. The second kappa shape index (κ2) is 5.67. The predicted octanol–water partition coefficient (Wildman–Crippen LogP) is 1.19. The summed E-state index contributed by atoms with van der Waals surface area (Å²) in [5, 5.41) is 3.36. The summed E-state index contributed by atoms with van der Waals surface area (Å²) in [6.45, 7) is 4.42. The monoisotopic (exact) mass is 260 g/mol. The number of hydrogen-bond acceptors (Lipinski definition) is 3. The third-order valence-electron chi connectivity index (χ3n) is 3.60. The van der Waals surface area contributed by atoms with Crippen molar-refractivity contribution in [3.05, 3.63) is 0 Å². The Balaban J connectivity index is 1.72. The smallest absolute Gasteiger partial charge is 0.214 e. The summed E-state index contributed by atoms with van der Waals surface area (Å²) in [4.78, 5) is 0. The van der Waals surface area contributed by atoms with Gasteiger partial charge in [-0.1, -0.05) is 6.92 Å². The van der Waals surface area contributed by atoms with Gasteiger partial charge in [0.25, 0.3) is 0 Å². The van der Waals surface area contributed by atoms with E-state index in [0.29, 0.717) is 17.7 Å². The van der Waals surface area contributed by atoms with Crippen LogP contribution in [-0.2, 0) is 10.0 Å². The number of nitrogens with one attached hydrogen (secondary N) is 1. The fourth-order valence-electron chi connectivity index (χ4n) is 2.38. The zero-order chi connectivity index (χ0) is 12.3. The minimum absolute atomic E-state index is 0.305. The minimum Gasteiger partial charge on any atom is -0.314 e. The van der Waals surface area contributed by atoms with Crippen molar-refractivity contribution in [2.75, 3.05) is 25.4 Å². The summed E-state index contributed by atoms with van der Waals surface area (Å²) in [6, 6.07) is 0.674. The van der Waals surface area contributed by atoms with Crippen molar-refractivity contribution in [3.8, 4) is 0 Å². The molecule has 0 aromatic heterocycles. The third-order valence-corrected chi connectivity index (χ3v) is 5.53. The van der Waals surface area contributed by atoms with Gasteiger partial charge in [0.1, 0.15) is 0 Å². The van der Waals surface area contributed by atoms with Crippen molar-refractivity contribution in [1.82, 2.24) is 9.62 Å². The van der Waals surface area contributed by atoms with Crippen molar-refractivity contribution < 1.29 is 8.42 Å². The Labute approximate surface area is 105 Å². The Morgan fingerprint density at radius 1 is 1.29 bits per heavy atom. The maximum absolute atomic E-state index is 12.1. The molecular formula is C12H24N2O2S. The van der Waals surface area contributed by atoms with Crippen LogP contribution in [0.2, 0.25) is 0 Å². The molecule has 1 N–H and O–H groups in total. The fourth-order valence-corrected chi connectivity index (χ4v) is 4.03. The molecule has 1 aliphatic carbocycles. The third kappa shape index (κ3) is 4.23. The quantitative estimate of drug-likeness (QED) is 0.730. The summed E-state index contributed by atoms with van der Waals surface area (Å²) < 4.78 is 25.9.